The van der Waals surface area contributed by atoms with E-state index in [0.717, 1.165) is 25.2 Å². The minimum atomic E-state index is -3.77. The number of hydrogen-bond acceptors (Lipinski definition) is 5. The second kappa shape index (κ2) is 7.50. The Morgan fingerprint density at radius 1 is 1.28 bits per heavy atom. The minimum Gasteiger partial charge on any atom is -0.378 e. The summed E-state index contributed by atoms with van der Waals surface area (Å²) >= 11 is 0. The zero-order valence-corrected chi connectivity index (χ0v) is 17.2. The van der Waals surface area contributed by atoms with Gasteiger partial charge in [0.2, 0.25) is 5.69 Å². The number of hydrogen-bond donors (Lipinski definition) is 1. The van der Waals surface area contributed by atoms with E-state index in [1.165, 1.54) is 16.4 Å². The zero-order chi connectivity index (χ0) is 20.6. The summed E-state index contributed by atoms with van der Waals surface area (Å²) in [5, 5.41) is 4.09. The van der Waals surface area contributed by atoms with Crippen LogP contribution in [0.4, 0.5) is 11.4 Å². The van der Waals surface area contributed by atoms with Crippen LogP contribution in [0.25, 0.3) is 15.9 Å². The number of fused-ring (bicyclic) bond motifs is 1. The number of aromatic nitrogens is 2. The van der Waals surface area contributed by atoms with Crippen LogP contribution in [0.5, 0.6) is 0 Å². The molecule has 3 aromatic rings. The average molecular weight is 410 g/mol. The molecule has 1 aliphatic heterocycles. The third-order valence-electron chi connectivity index (χ3n) is 5.73. The van der Waals surface area contributed by atoms with E-state index < -0.39 is 10.0 Å². The van der Waals surface area contributed by atoms with Gasteiger partial charge < -0.3 is 10.2 Å². The summed E-state index contributed by atoms with van der Waals surface area (Å²) in [7, 11) is -1.79. The minimum absolute atomic E-state index is 0.203. The second-order valence-corrected chi connectivity index (χ2v) is 9.09. The topological polar surface area (TPSA) is 71.6 Å². The molecule has 8 heteroatoms. The molecule has 0 amide bonds. The smallest absolute Gasteiger partial charge is 0.269 e. The Kier molecular flexibility index (Phi) is 5.03. The summed E-state index contributed by atoms with van der Waals surface area (Å²) in [5.41, 5.74) is 1.50. The maximum atomic E-state index is 13.1. The van der Waals surface area contributed by atoms with E-state index >= 15 is 0 Å². The maximum absolute atomic E-state index is 13.1. The highest BCUT2D eigenvalue weighted by molar-refractivity contribution is 7.90. The van der Waals surface area contributed by atoms with Crippen molar-refractivity contribution in [2.75, 3.05) is 25.0 Å². The fraction of sp³-hybridized carbons (Fsp3) is 0.333. The van der Waals surface area contributed by atoms with Crippen LogP contribution in [-0.2, 0) is 10.0 Å². The summed E-state index contributed by atoms with van der Waals surface area (Å²) < 4.78 is 27.5. The molecule has 1 unspecified atom stereocenters. The third kappa shape index (κ3) is 3.16. The molecule has 1 N–H and O–H groups in total. The molecule has 0 bridgehead atoms. The van der Waals surface area contributed by atoms with Gasteiger partial charge in [0.15, 0.2) is 5.65 Å². The number of nitrogens with one attached hydrogen (secondary N) is 1. The van der Waals surface area contributed by atoms with Crippen molar-refractivity contribution in [1.82, 2.24) is 14.3 Å². The molecular formula is C21H23N5O2S. The van der Waals surface area contributed by atoms with Crippen LogP contribution < -0.4 is 10.2 Å². The number of rotatable bonds is 5. The van der Waals surface area contributed by atoms with E-state index in [9.17, 15) is 8.42 Å². The number of benzene rings is 1. The van der Waals surface area contributed by atoms with E-state index in [1.54, 1.807) is 36.4 Å². The van der Waals surface area contributed by atoms with Gasteiger partial charge in [0.1, 0.15) is 0 Å². The van der Waals surface area contributed by atoms with Gasteiger partial charge in [0.05, 0.1) is 17.2 Å². The molecule has 2 atom stereocenters. The summed E-state index contributed by atoms with van der Waals surface area (Å²) in [5.74, 6) is 0.469. The number of anilines is 1. The van der Waals surface area contributed by atoms with E-state index in [0.29, 0.717) is 22.6 Å². The summed E-state index contributed by atoms with van der Waals surface area (Å²) in [6, 6.07) is 10.3. The Morgan fingerprint density at radius 2 is 2.03 bits per heavy atom. The SMILES string of the molecule is [C-]#[N+]c1cnc2c(ccn2S(=O)(=O)c2ccccc2)c1N(C)C1CNC[C@H]1CC. The fourth-order valence-electron chi connectivity index (χ4n) is 4.15. The molecule has 1 saturated heterocycles. The molecule has 4 rings (SSSR count). The van der Waals surface area contributed by atoms with Crippen molar-refractivity contribution in [1.29, 1.82) is 0 Å². The van der Waals surface area contributed by atoms with Gasteiger partial charge >= 0.3 is 0 Å². The van der Waals surface area contributed by atoms with Crippen molar-refractivity contribution in [2.24, 2.45) is 5.92 Å². The molecule has 0 spiro atoms. The number of pyridine rings is 1. The van der Waals surface area contributed by atoms with Crippen LogP contribution >= 0.6 is 0 Å². The van der Waals surface area contributed by atoms with Gasteiger partial charge in [0.25, 0.3) is 10.0 Å². The quantitative estimate of drug-likeness (QED) is 0.655. The van der Waals surface area contributed by atoms with Gasteiger partial charge in [-0.3, -0.25) is 0 Å². The maximum Gasteiger partial charge on any atom is 0.269 e. The van der Waals surface area contributed by atoms with Gasteiger partial charge in [-0.1, -0.05) is 31.5 Å². The molecule has 0 saturated carbocycles. The first-order valence-electron chi connectivity index (χ1n) is 9.60. The van der Waals surface area contributed by atoms with Crippen molar-refractivity contribution in [3.63, 3.8) is 0 Å². The van der Waals surface area contributed by atoms with Crippen LogP contribution in [0.3, 0.4) is 0 Å². The van der Waals surface area contributed by atoms with Crippen LogP contribution in [-0.4, -0.2) is 43.6 Å². The molecule has 2 aromatic heterocycles. The van der Waals surface area contributed by atoms with Gasteiger partial charge in [-0.05, 0) is 24.1 Å². The molecule has 0 radical (unpaired) electrons. The predicted octanol–water partition coefficient (Wildman–Crippen LogP) is 3.26. The standard InChI is InChI=1S/C21H23N5O2S/c1-4-15-12-23-14-19(15)25(3)20-17-10-11-26(21(17)24-13-18(20)22-2)29(27,28)16-8-6-5-7-9-16/h5-11,13,15,19,23H,4,12,14H2,1,3H3/t15-,19?/m1/s1. The van der Waals surface area contributed by atoms with Crippen molar-refractivity contribution in [2.45, 2.75) is 24.3 Å². The highest BCUT2D eigenvalue weighted by Gasteiger charge is 2.32. The monoisotopic (exact) mass is 409 g/mol. The van der Waals surface area contributed by atoms with Gasteiger partial charge in [-0.15, -0.1) is 0 Å². The van der Waals surface area contributed by atoms with E-state index in [-0.39, 0.29) is 10.9 Å². The van der Waals surface area contributed by atoms with Crippen molar-refractivity contribution in [3.05, 3.63) is 60.2 Å². The van der Waals surface area contributed by atoms with E-state index in [2.05, 4.69) is 27.0 Å². The Balaban J connectivity index is 1.88. The van der Waals surface area contributed by atoms with Crippen LogP contribution in [0.1, 0.15) is 13.3 Å². The molecule has 0 aliphatic carbocycles. The molecule has 3 heterocycles. The number of likely N-dealkylation sites (N-methyl/N-ethyl adjacent to an activating group) is 1. The Labute approximate surface area is 170 Å². The number of nitrogens with zero attached hydrogens (tertiary/aromatic N) is 4. The van der Waals surface area contributed by atoms with Crippen LogP contribution in [0.15, 0.2) is 53.7 Å². The predicted molar refractivity (Wildman–Crippen MR) is 114 cm³/mol. The first-order chi connectivity index (χ1) is 14.0. The zero-order valence-electron chi connectivity index (χ0n) is 16.4. The van der Waals surface area contributed by atoms with Crippen molar-refractivity contribution >= 4 is 32.4 Å². The fourth-order valence-corrected chi connectivity index (χ4v) is 5.47. The van der Waals surface area contributed by atoms with Crippen molar-refractivity contribution in [3.8, 4) is 0 Å². The Morgan fingerprint density at radius 3 is 2.72 bits per heavy atom. The van der Waals surface area contributed by atoms with E-state index in [1.807, 2.05) is 7.05 Å². The van der Waals surface area contributed by atoms with Gasteiger partial charge in [-0.2, -0.15) is 0 Å². The summed E-state index contributed by atoms with van der Waals surface area (Å²) in [6.45, 7) is 11.5. The third-order valence-corrected chi connectivity index (χ3v) is 7.41. The summed E-state index contributed by atoms with van der Waals surface area (Å²) in [4.78, 5) is 10.3. The Hall–Kier alpha value is -2.89. The molecule has 1 aromatic carbocycles. The first-order valence-corrected chi connectivity index (χ1v) is 11.0. The molecule has 7 nitrogen and oxygen atoms in total. The van der Waals surface area contributed by atoms with Crippen LogP contribution in [0.2, 0.25) is 0 Å². The normalized spacial score (nSPS) is 19.3. The molecule has 1 fully saturated rings. The largest absolute Gasteiger partial charge is 0.378 e. The molecule has 1 aliphatic rings. The molecule has 29 heavy (non-hydrogen) atoms. The lowest BCUT2D eigenvalue weighted by molar-refractivity contribution is 0.483. The second-order valence-electron chi connectivity index (χ2n) is 7.28. The lowest BCUT2D eigenvalue weighted by atomic mass is 9.99. The lowest BCUT2D eigenvalue weighted by Crippen LogP contribution is -2.38. The van der Waals surface area contributed by atoms with Gasteiger partial charge in [0, 0.05) is 44.0 Å². The Bertz CT molecular complexity index is 1180. The van der Waals surface area contributed by atoms with Crippen molar-refractivity contribution < 1.29 is 8.42 Å². The van der Waals surface area contributed by atoms with Gasteiger partial charge in [-0.25, -0.2) is 22.2 Å². The van der Waals surface area contributed by atoms with E-state index in [4.69, 9.17) is 6.57 Å². The lowest BCUT2D eigenvalue weighted by Gasteiger charge is -2.31. The highest BCUT2D eigenvalue weighted by Crippen LogP contribution is 2.38. The van der Waals surface area contributed by atoms with Crippen LogP contribution in [0, 0.1) is 12.5 Å². The molecular weight excluding hydrogens is 386 g/mol. The first kappa shape index (κ1) is 19.4. The summed E-state index contributed by atoms with van der Waals surface area (Å²) in [6.07, 6.45) is 4.03. The average Bonchev–Trinajstić information content (AvgIpc) is 3.40. The highest BCUT2D eigenvalue weighted by atomic mass is 32.2. The molecule has 150 valence electrons.